The highest BCUT2D eigenvalue weighted by molar-refractivity contribution is 9.09. The topological polar surface area (TPSA) is 0 Å². The Hall–Kier alpha value is 0.170. The van der Waals surface area contributed by atoms with Gasteiger partial charge in [0.05, 0.1) is 9.85 Å². The molecule has 2 rings (SSSR count). The van der Waals surface area contributed by atoms with E-state index in [9.17, 15) is 0 Å². The zero-order valence-electron chi connectivity index (χ0n) is 8.17. The van der Waals surface area contributed by atoms with Gasteiger partial charge in [-0.15, -0.1) is 22.7 Å². The molecule has 0 radical (unpaired) electrons. The maximum Gasteiger partial charge on any atom is 0.0585 e. The van der Waals surface area contributed by atoms with Crippen LogP contribution < -0.4 is 0 Å². The van der Waals surface area contributed by atoms with E-state index in [-0.39, 0.29) is 0 Å². The first-order chi connectivity index (χ1) is 7.18. The Morgan fingerprint density at radius 3 is 2.80 bits per heavy atom. The van der Waals surface area contributed by atoms with Gasteiger partial charge in [0.2, 0.25) is 0 Å². The minimum Gasteiger partial charge on any atom is -0.149 e. The first-order valence-electron chi connectivity index (χ1n) is 4.58. The maximum absolute atomic E-state index is 6.23. The summed E-state index contributed by atoms with van der Waals surface area (Å²) in [5.41, 5.74) is 1.17. The lowest BCUT2D eigenvalue weighted by Crippen LogP contribution is -1.91. The van der Waals surface area contributed by atoms with E-state index < -0.39 is 0 Å². The van der Waals surface area contributed by atoms with E-state index in [0.717, 1.165) is 11.4 Å². The van der Waals surface area contributed by atoms with E-state index in [1.54, 1.807) is 22.7 Å². The van der Waals surface area contributed by atoms with Crippen LogP contribution in [0.15, 0.2) is 22.9 Å². The summed E-state index contributed by atoms with van der Waals surface area (Å²) in [7, 11) is 0. The summed E-state index contributed by atoms with van der Waals surface area (Å²) >= 11 is 13.5. The molecule has 1 unspecified atom stereocenters. The summed E-state index contributed by atoms with van der Waals surface area (Å²) in [6.45, 7) is 2.05. The molecule has 0 aliphatic rings. The van der Waals surface area contributed by atoms with Gasteiger partial charge in [-0.2, -0.15) is 0 Å². The monoisotopic (exact) mass is 320 g/mol. The molecule has 0 saturated carbocycles. The predicted molar refractivity (Wildman–Crippen MR) is 73.8 cm³/mol. The molecule has 0 aliphatic heterocycles. The van der Waals surface area contributed by atoms with Crippen LogP contribution in [0.3, 0.4) is 0 Å². The molecule has 1 atom stereocenters. The zero-order valence-corrected chi connectivity index (χ0v) is 12.1. The molecule has 0 aliphatic carbocycles. The lowest BCUT2D eigenvalue weighted by molar-refractivity contribution is 0.991. The van der Waals surface area contributed by atoms with Crippen LogP contribution in [0.1, 0.15) is 20.1 Å². The standard InChI is InChI=1S/C11H10BrClS2/c1-7-6-15-11(10(7)13)9(12)5-8-3-2-4-14-8/h2-4,6,9H,5H2,1H3. The van der Waals surface area contributed by atoms with Gasteiger partial charge < -0.3 is 0 Å². The molecular weight excluding hydrogens is 312 g/mol. The molecule has 2 aromatic rings. The number of halogens is 2. The molecule has 0 amide bonds. The van der Waals surface area contributed by atoms with Crippen molar-refractivity contribution in [2.45, 2.75) is 18.2 Å². The highest BCUT2D eigenvalue weighted by Crippen LogP contribution is 2.39. The summed E-state index contributed by atoms with van der Waals surface area (Å²) in [4.78, 5) is 2.96. The summed E-state index contributed by atoms with van der Waals surface area (Å²) in [5, 5.41) is 5.13. The summed E-state index contributed by atoms with van der Waals surface area (Å²) < 4.78 is 0. The Morgan fingerprint density at radius 2 is 2.27 bits per heavy atom. The van der Waals surface area contributed by atoms with Crippen LogP contribution in [0.25, 0.3) is 0 Å². The molecule has 4 heteroatoms. The molecule has 0 aromatic carbocycles. The lowest BCUT2D eigenvalue weighted by atomic mass is 10.2. The predicted octanol–water partition coefficient (Wildman–Crippen LogP) is 5.45. The van der Waals surface area contributed by atoms with E-state index in [0.29, 0.717) is 4.83 Å². The Kier molecular flexibility index (Phi) is 3.88. The number of aryl methyl sites for hydroxylation is 1. The van der Waals surface area contributed by atoms with Crippen molar-refractivity contribution >= 4 is 50.2 Å². The van der Waals surface area contributed by atoms with Crippen LogP contribution >= 0.6 is 50.2 Å². The second-order valence-electron chi connectivity index (χ2n) is 3.35. The molecule has 2 aromatic heterocycles. The van der Waals surface area contributed by atoms with Crippen LogP contribution in [0, 0.1) is 6.92 Å². The zero-order chi connectivity index (χ0) is 10.8. The van der Waals surface area contributed by atoms with Crippen molar-refractivity contribution in [3.8, 4) is 0 Å². The van der Waals surface area contributed by atoms with Gasteiger partial charge in [-0.1, -0.05) is 33.6 Å². The van der Waals surface area contributed by atoms with Gasteiger partial charge in [0.25, 0.3) is 0 Å². The average Bonchev–Trinajstić information content (AvgIpc) is 2.79. The second-order valence-corrected chi connectivity index (χ2v) is 6.77. The maximum atomic E-state index is 6.23. The molecule has 2 heterocycles. The molecule has 0 saturated heterocycles. The SMILES string of the molecule is Cc1csc(C(Br)Cc2cccs2)c1Cl. The normalized spacial score (nSPS) is 13.0. The Morgan fingerprint density at radius 1 is 1.47 bits per heavy atom. The largest absolute Gasteiger partial charge is 0.149 e. The average molecular weight is 322 g/mol. The van der Waals surface area contributed by atoms with Crippen LogP contribution in [-0.4, -0.2) is 0 Å². The fourth-order valence-electron chi connectivity index (χ4n) is 1.36. The fourth-order valence-corrected chi connectivity index (χ4v) is 4.66. The lowest BCUT2D eigenvalue weighted by Gasteiger charge is -2.06. The minimum atomic E-state index is 0.336. The fraction of sp³-hybridized carbons (Fsp3) is 0.273. The van der Waals surface area contributed by atoms with Crippen LogP contribution in [0.4, 0.5) is 0 Å². The minimum absolute atomic E-state index is 0.336. The van der Waals surface area contributed by atoms with E-state index in [2.05, 4.69) is 38.8 Å². The van der Waals surface area contributed by atoms with Gasteiger partial charge in [0, 0.05) is 9.75 Å². The van der Waals surface area contributed by atoms with Crippen molar-refractivity contribution < 1.29 is 0 Å². The molecule has 0 bridgehead atoms. The van der Waals surface area contributed by atoms with Crippen LogP contribution in [0.5, 0.6) is 0 Å². The third-order valence-electron chi connectivity index (χ3n) is 2.17. The smallest absolute Gasteiger partial charge is 0.0585 e. The van der Waals surface area contributed by atoms with Gasteiger partial charge >= 0.3 is 0 Å². The van der Waals surface area contributed by atoms with Crippen molar-refractivity contribution in [3.05, 3.63) is 43.2 Å². The number of hydrogen-bond donors (Lipinski definition) is 0. The molecule has 0 nitrogen and oxygen atoms in total. The Balaban J connectivity index is 2.14. The van der Waals surface area contributed by atoms with E-state index >= 15 is 0 Å². The van der Waals surface area contributed by atoms with Crippen molar-refractivity contribution in [2.24, 2.45) is 0 Å². The van der Waals surface area contributed by atoms with Crippen molar-refractivity contribution in [1.82, 2.24) is 0 Å². The molecule has 15 heavy (non-hydrogen) atoms. The van der Waals surface area contributed by atoms with Gasteiger partial charge in [0.15, 0.2) is 0 Å². The van der Waals surface area contributed by atoms with Crippen LogP contribution in [-0.2, 0) is 6.42 Å². The van der Waals surface area contributed by atoms with Crippen molar-refractivity contribution in [2.75, 3.05) is 0 Å². The van der Waals surface area contributed by atoms with Gasteiger partial charge in [-0.25, -0.2) is 0 Å². The molecule has 80 valence electrons. The quantitative estimate of drug-likeness (QED) is 0.659. The van der Waals surface area contributed by atoms with Crippen molar-refractivity contribution in [3.63, 3.8) is 0 Å². The van der Waals surface area contributed by atoms with E-state index in [1.807, 2.05) is 6.92 Å². The summed E-state index contributed by atoms with van der Waals surface area (Å²) in [5.74, 6) is 0. The third kappa shape index (κ3) is 2.64. The van der Waals surface area contributed by atoms with E-state index in [1.165, 1.54) is 15.3 Å². The number of hydrogen-bond acceptors (Lipinski definition) is 2. The number of rotatable bonds is 3. The van der Waals surface area contributed by atoms with E-state index in [4.69, 9.17) is 11.6 Å². The third-order valence-corrected chi connectivity index (χ3v) is 5.98. The summed E-state index contributed by atoms with van der Waals surface area (Å²) in [6, 6.07) is 4.24. The first-order valence-corrected chi connectivity index (χ1v) is 7.63. The number of alkyl halides is 1. The second kappa shape index (κ2) is 5.00. The van der Waals surface area contributed by atoms with Gasteiger partial charge in [-0.05, 0) is 35.7 Å². The van der Waals surface area contributed by atoms with Gasteiger partial charge in [-0.3, -0.25) is 0 Å². The number of thiophene rings is 2. The highest BCUT2D eigenvalue weighted by atomic mass is 79.9. The molecule has 0 fully saturated rings. The Labute approximate surface area is 111 Å². The van der Waals surface area contributed by atoms with Crippen molar-refractivity contribution in [1.29, 1.82) is 0 Å². The highest BCUT2D eigenvalue weighted by Gasteiger charge is 2.15. The Bertz CT molecular complexity index is 433. The van der Waals surface area contributed by atoms with Crippen LogP contribution in [0.2, 0.25) is 5.02 Å². The molecular formula is C11H10BrClS2. The summed E-state index contributed by atoms with van der Waals surface area (Å²) in [6.07, 6.45) is 1.01. The molecule has 0 spiro atoms. The molecule has 0 N–H and O–H groups in total. The van der Waals surface area contributed by atoms with Gasteiger partial charge in [0.1, 0.15) is 0 Å². The first kappa shape index (κ1) is 11.6.